The molecule has 1 aliphatic heterocycles. The van der Waals surface area contributed by atoms with E-state index in [0.29, 0.717) is 24.1 Å². The molecular formula is C13H11FN6O2. The molecule has 1 amide bonds. The topological polar surface area (TPSA) is 96.8 Å². The third-order valence-corrected chi connectivity index (χ3v) is 3.46. The molecule has 1 aromatic carbocycles. The van der Waals surface area contributed by atoms with Crippen LogP contribution in [0.4, 0.5) is 9.18 Å². The molecule has 1 unspecified atom stereocenters. The van der Waals surface area contributed by atoms with Crippen LogP contribution in [0.3, 0.4) is 0 Å². The van der Waals surface area contributed by atoms with Crippen molar-refractivity contribution in [2.45, 2.75) is 18.9 Å². The van der Waals surface area contributed by atoms with Gasteiger partial charge in [-0.15, -0.1) is 4.68 Å². The Balaban J connectivity index is 1.96. The smallest absolute Gasteiger partial charge is 0.307 e. The van der Waals surface area contributed by atoms with Gasteiger partial charge in [0.25, 0.3) is 0 Å². The largest absolute Gasteiger partial charge is 0.377 e. The summed E-state index contributed by atoms with van der Waals surface area (Å²) in [6.07, 6.45) is 1.26. The van der Waals surface area contributed by atoms with Crippen LogP contribution < -0.4 is 5.69 Å². The molecule has 3 rings (SSSR count). The summed E-state index contributed by atoms with van der Waals surface area (Å²) in [6.45, 7) is 0.385. The van der Waals surface area contributed by atoms with E-state index in [1.165, 1.54) is 23.1 Å². The predicted octanol–water partition coefficient (Wildman–Crippen LogP) is 0.524. The minimum Gasteiger partial charge on any atom is -0.307 e. The van der Waals surface area contributed by atoms with E-state index in [1.807, 2.05) is 6.07 Å². The van der Waals surface area contributed by atoms with Gasteiger partial charge in [-0.2, -0.15) is 9.94 Å². The highest BCUT2D eigenvalue weighted by molar-refractivity contribution is 5.76. The first kappa shape index (κ1) is 13.9. The quantitative estimate of drug-likeness (QED) is 0.716. The molecule has 0 bridgehead atoms. The molecule has 112 valence electrons. The molecule has 0 radical (unpaired) electrons. The van der Waals surface area contributed by atoms with Gasteiger partial charge in [0.15, 0.2) is 0 Å². The Morgan fingerprint density at radius 2 is 2.23 bits per heavy atom. The van der Waals surface area contributed by atoms with Crippen LogP contribution in [0.25, 0.3) is 5.69 Å². The predicted molar refractivity (Wildman–Crippen MR) is 71.7 cm³/mol. The Hall–Kier alpha value is -3.02. The average Bonchev–Trinajstić information content (AvgIpc) is 3.12. The second kappa shape index (κ2) is 5.40. The van der Waals surface area contributed by atoms with Crippen LogP contribution >= 0.6 is 0 Å². The lowest BCUT2D eigenvalue weighted by atomic mass is 10.2. The summed E-state index contributed by atoms with van der Waals surface area (Å²) >= 11 is 0. The molecule has 0 aliphatic carbocycles. The first-order valence-corrected chi connectivity index (χ1v) is 6.63. The number of amides is 1. The van der Waals surface area contributed by atoms with Crippen molar-refractivity contribution in [3.05, 3.63) is 40.6 Å². The van der Waals surface area contributed by atoms with Crippen LogP contribution in [0.5, 0.6) is 0 Å². The van der Waals surface area contributed by atoms with Gasteiger partial charge in [-0.3, -0.25) is 0 Å². The second-order valence-corrected chi connectivity index (χ2v) is 4.83. The van der Waals surface area contributed by atoms with Crippen LogP contribution in [0.15, 0.2) is 29.1 Å². The number of hydrogen-bond acceptors (Lipinski definition) is 5. The zero-order valence-corrected chi connectivity index (χ0v) is 11.4. The van der Waals surface area contributed by atoms with Gasteiger partial charge in [-0.25, -0.2) is 14.0 Å². The van der Waals surface area contributed by atoms with Gasteiger partial charge in [-0.1, -0.05) is 6.07 Å². The minimum absolute atomic E-state index is 0.169. The number of likely N-dealkylation sites (tertiary alicyclic amines) is 1. The Labute approximate surface area is 124 Å². The molecular weight excluding hydrogens is 291 g/mol. The second-order valence-electron chi connectivity index (χ2n) is 4.83. The highest BCUT2D eigenvalue weighted by Gasteiger charge is 2.31. The molecule has 0 spiro atoms. The normalized spacial score (nSPS) is 17.5. The van der Waals surface area contributed by atoms with Gasteiger partial charge in [0, 0.05) is 6.54 Å². The molecule has 1 saturated heterocycles. The van der Waals surface area contributed by atoms with E-state index in [2.05, 4.69) is 10.4 Å². The zero-order chi connectivity index (χ0) is 15.7. The molecule has 1 fully saturated rings. The Kier molecular flexibility index (Phi) is 3.42. The van der Waals surface area contributed by atoms with E-state index in [4.69, 9.17) is 5.26 Å². The van der Waals surface area contributed by atoms with Crippen LogP contribution in [0.2, 0.25) is 0 Å². The average molecular weight is 302 g/mol. The van der Waals surface area contributed by atoms with Crippen molar-refractivity contribution < 1.29 is 9.18 Å². The number of carbonyl (C=O) groups excluding carboxylic acids is 1. The van der Waals surface area contributed by atoms with Gasteiger partial charge in [-0.05, 0) is 41.5 Å². The van der Waals surface area contributed by atoms with Crippen molar-refractivity contribution >= 4 is 6.03 Å². The van der Waals surface area contributed by atoms with Crippen molar-refractivity contribution in [1.82, 2.24) is 24.7 Å². The number of hydrogen-bond donors (Lipinski definition) is 0. The van der Waals surface area contributed by atoms with E-state index in [-0.39, 0.29) is 5.69 Å². The summed E-state index contributed by atoms with van der Waals surface area (Å²) in [5.74, 6) is -0.533. The number of benzene rings is 1. The van der Waals surface area contributed by atoms with Crippen molar-refractivity contribution in [1.29, 1.82) is 5.26 Å². The van der Waals surface area contributed by atoms with Crippen LogP contribution in [-0.4, -0.2) is 43.3 Å². The van der Waals surface area contributed by atoms with Crippen LogP contribution in [-0.2, 0) is 0 Å². The monoisotopic (exact) mass is 302 g/mol. The van der Waals surface area contributed by atoms with Crippen molar-refractivity contribution in [3.8, 4) is 11.8 Å². The number of tetrazole rings is 1. The van der Waals surface area contributed by atoms with Gasteiger partial charge < -0.3 is 4.90 Å². The van der Waals surface area contributed by atoms with E-state index in [1.54, 1.807) is 0 Å². The number of rotatable bonds is 1. The third kappa shape index (κ3) is 2.24. The summed E-state index contributed by atoms with van der Waals surface area (Å²) in [7, 11) is 0. The molecule has 9 heteroatoms. The Morgan fingerprint density at radius 1 is 1.41 bits per heavy atom. The summed E-state index contributed by atoms with van der Waals surface area (Å²) in [5, 5.41) is 16.1. The first-order valence-electron chi connectivity index (χ1n) is 6.63. The maximum absolute atomic E-state index is 13.2. The molecule has 2 heterocycles. The number of aromatic nitrogens is 4. The fourth-order valence-electron chi connectivity index (χ4n) is 2.39. The SMILES string of the molecule is N#CC1CCCN1C(=O)n1nnn(-c2cccc(F)c2)c1=O. The Morgan fingerprint density at radius 3 is 2.95 bits per heavy atom. The number of halogens is 1. The first-order chi connectivity index (χ1) is 10.6. The number of carbonyl (C=O) groups is 1. The van der Waals surface area contributed by atoms with Crippen LogP contribution in [0, 0.1) is 17.1 Å². The standard InChI is InChI=1S/C13H11FN6O2/c14-9-3-1-4-10(7-9)19-13(22)20(17-16-19)12(21)18-6-2-5-11(18)8-15/h1,3-4,7,11H,2,5-6H2. The molecule has 2 aromatic rings. The van der Waals surface area contributed by atoms with Crippen molar-refractivity contribution in [3.63, 3.8) is 0 Å². The minimum atomic E-state index is -0.806. The Bertz CT molecular complexity index is 820. The summed E-state index contributed by atoms with van der Waals surface area (Å²) in [6, 6.07) is 5.98. The molecule has 0 saturated carbocycles. The lowest BCUT2D eigenvalue weighted by Gasteiger charge is -2.17. The summed E-state index contributed by atoms with van der Waals surface area (Å²) in [5.41, 5.74) is -0.638. The summed E-state index contributed by atoms with van der Waals surface area (Å²) < 4.78 is 14.6. The van der Waals surface area contributed by atoms with Crippen molar-refractivity contribution in [2.24, 2.45) is 0 Å². The lowest BCUT2D eigenvalue weighted by molar-refractivity contribution is 0.198. The molecule has 1 aromatic heterocycles. The van der Waals surface area contributed by atoms with E-state index >= 15 is 0 Å². The molecule has 0 N–H and O–H groups in total. The lowest BCUT2D eigenvalue weighted by Crippen LogP contribution is -2.42. The van der Waals surface area contributed by atoms with E-state index < -0.39 is 23.6 Å². The fourth-order valence-corrected chi connectivity index (χ4v) is 2.39. The maximum Gasteiger partial charge on any atom is 0.377 e. The van der Waals surface area contributed by atoms with Gasteiger partial charge in [0.05, 0.1) is 11.8 Å². The zero-order valence-electron chi connectivity index (χ0n) is 11.4. The summed E-state index contributed by atoms with van der Waals surface area (Å²) in [4.78, 5) is 25.8. The third-order valence-electron chi connectivity index (χ3n) is 3.46. The maximum atomic E-state index is 13.2. The fraction of sp³-hybridized carbons (Fsp3) is 0.308. The van der Waals surface area contributed by atoms with Gasteiger partial charge in [0.2, 0.25) is 0 Å². The highest BCUT2D eigenvalue weighted by atomic mass is 19.1. The number of nitriles is 1. The number of nitrogens with zero attached hydrogens (tertiary/aromatic N) is 6. The van der Waals surface area contributed by atoms with Crippen LogP contribution in [0.1, 0.15) is 12.8 Å². The molecule has 1 atom stereocenters. The van der Waals surface area contributed by atoms with Gasteiger partial charge in [0.1, 0.15) is 11.9 Å². The molecule has 22 heavy (non-hydrogen) atoms. The van der Waals surface area contributed by atoms with E-state index in [0.717, 1.165) is 10.7 Å². The van der Waals surface area contributed by atoms with E-state index in [9.17, 15) is 14.0 Å². The highest BCUT2D eigenvalue weighted by Crippen LogP contribution is 2.16. The molecule has 1 aliphatic rings. The van der Waals surface area contributed by atoms with Crippen molar-refractivity contribution in [2.75, 3.05) is 6.54 Å². The van der Waals surface area contributed by atoms with Gasteiger partial charge >= 0.3 is 11.7 Å². The molecule has 8 nitrogen and oxygen atoms in total.